The third-order valence-corrected chi connectivity index (χ3v) is 9.71. The van der Waals surface area contributed by atoms with Crippen LogP contribution in [0.5, 0.6) is 11.5 Å². The maximum absolute atomic E-state index is 12.7. The summed E-state index contributed by atoms with van der Waals surface area (Å²) in [6, 6.07) is 5.70. The molecule has 9 heteroatoms. The van der Waals surface area contributed by atoms with Crippen LogP contribution in [0.4, 0.5) is 5.13 Å². The maximum atomic E-state index is 12.7. The van der Waals surface area contributed by atoms with Crippen molar-refractivity contribution in [3.05, 3.63) is 34.3 Å². The van der Waals surface area contributed by atoms with Crippen molar-refractivity contribution < 1.29 is 14.3 Å². The van der Waals surface area contributed by atoms with Crippen molar-refractivity contribution in [2.75, 3.05) is 19.5 Å². The number of benzene rings is 1. The molecule has 1 amide bonds. The summed E-state index contributed by atoms with van der Waals surface area (Å²) in [5, 5.41) is 16.3. The summed E-state index contributed by atoms with van der Waals surface area (Å²) in [6.07, 6.45) is 8.16. The fourth-order valence-corrected chi connectivity index (χ4v) is 8.47. The first-order valence-electron chi connectivity index (χ1n) is 11.8. The summed E-state index contributed by atoms with van der Waals surface area (Å²) in [5.41, 5.74) is 1.87. The summed E-state index contributed by atoms with van der Waals surface area (Å²) < 4.78 is 10.7. The molecule has 0 aliphatic heterocycles. The minimum atomic E-state index is -0.114. The van der Waals surface area contributed by atoms with Gasteiger partial charge in [-0.25, -0.2) is 4.98 Å². The molecule has 1 aromatic carbocycles. The first-order valence-corrected chi connectivity index (χ1v) is 13.5. The Morgan fingerprint density at radius 1 is 1.06 bits per heavy atom. The van der Waals surface area contributed by atoms with Crippen LogP contribution in [-0.2, 0) is 16.6 Å². The van der Waals surface area contributed by atoms with Crippen LogP contribution in [0.25, 0.3) is 10.6 Å². The number of thiazole rings is 1. The monoisotopic (exact) mass is 496 g/mol. The zero-order valence-electron chi connectivity index (χ0n) is 19.4. The predicted molar refractivity (Wildman–Crippen MR) is 133 cm³/mol. The molecule has 1 N–H and O–H groups in total. The molecule has 4 fully saturated rings. The van der Waals surface area contributed by atoms with Crippen LogP contribution in [0.3, 0.4) is 0 Å². The van der Waals surface area contributed by atoms with Crippen molar-refractivity contribution in [2.24, 2.45) is 17.8 Å². The fraction of sp³-hybridized carbons (Fsp3) is 0.520. The average molecular weight is 497 g/mol. The van der Waals surface area contributed by atoms with Gasteiger partial charge in [0.2, 0.25) is 11.0 Å². The molecular formula is C25H28N4O3S2. The highest BCUT2D eigenvalue weighted by atomic mass is 32.1. The van der Waals surface area contributed by atoms with Crippen molar-refractivity contribution in [1.29, 1.82) is 0 Å². The van der Waals surface area contributed by atoms with Gasteiger partial charge < -0.3 is 14.8 Å². The summed E-state index contributed by atoms with van der Waals surface area (Å²) in [5.74, 6) is 3.79. The lowest BCUT2D eigenvalue weighted by atomic mass is 9.50. The molecule has 0 unspecified atom stereocenters. The fourth-order valence-electron chi connectivity index (χ4n) is 6.68. The molecule has 2 aromatic heterocycles. The lowest BCUT2D eigenvalue weighted by Crippen LogP contribution is -2.48. The number of aromatic nitrogens is 3. The largest absolute Gasteiger partial charge is 0.493 e. The van der Waals surface area contributed by atoms with Gasteiger partial charge >= 0.3 is 0 Å². The van der Waals surface area contributed by atoms with Crippen molar-refractivity contribution in [3.63, 3.8) is 0 Å². The number of carbonyl (C=O) groups excluding carboxylic acids is 1. The van der Waals surface area contributed by atoms with E-state index in [1.54, 1.807) is 25.6 Å². The molecule has 4 bridgehead atoms. The quantitative estimate of drug-likeness (QED) is 0.476. The summed E-state index contributed by atoms with van der Waals surface area (Å²) >= 11 is 3.08. The van der Waals surface area contributed by atoms with Gasteiger partial charge in [0, 0.05) is 16.4 Å². The van der Waals surface area contributed by atoms with E-state index in [1.807, 2.05) is 23.6 Å². The summed E-state index contributed by atoms with van der Waals surface area (Å²) in [7, 11) is 3.23. The third kappa shape index (κ3) is 3.98. The van der Waals surface area contributed by atoms with Crippen LogP contribution in [0.15, 0.2) is 23.6 Å². The highest BCUT2D eigenvalue weighted by Crippen LogP contribution is 2.61. The Morgan fingerprint density at radius 2 is 1.76 bits per heavy atom. The lowest BCUT2D eigenvalue weighted by molar-refractivity contribution is -0.115. The number of hydrogen-bond donors (Lipinski definition) is 1. The van der Waals surface area contributed by atoms with Gasteiger partial charge in [-0.2, -0.15) is 0 Å². The van der Waals surface area contributed by atoms with Crippen molar-refractivity contribution >= 4 is 33.7 Å². The van der Waals surface area contributed by atoms with Gasteiger partial charge in [0.05, 0.1) is 26.3 Å². The normalized spacial score (nSPS) is 27.1. The second-order valence-corrected chi connectivity index (χ2v) is 11.9. The molecule has 7 nitrogen and oxygen atoms in total. The Labute approximate surface area is 206 Å². The van der Waals surface area contributed by atoms with E-state index in [-0.39, 0.29) is 17.7 Å². The number of nitrogens with zero attached hydrogens (tertiary/aromatic N) is 3. The second kappa shape index (κ2) is 8.61. The summed E-state index contributed by atoms with van der Waals surface area (Å²) in [6.45, 7) is 0. The molecule has 3 aromatic rings. The van der Waals surface area contributed by atoms with E-state index in [0.29, 0.717) is 16.6 Å². The Bertz CT molecular complexity index is 1190. The topological polar surface area (TPSA) is 86.2 Å². The first kappa shape index (κ1) is 22.0. The molecule has 2 heterocycles. The Morgan fingerprint density at radius 3 is 2.44 bits per heavy atom. The van der Waals surface area contributed by atoms with Crippen molar-refractivity contribution in [3.8, 4) is 22.1 Å². The van der Waals surface area contributed by atoms with Gasteiger partial charge in [-0.1, -0.05) is 11.3 Å². The van der Waals surface area contributed by atoms with Gasteiger partial charge in [-0.15, -0.1) is 21.5 Å². The van der Waals surface area contributed by atoms with Crippen LogP contribution < -0.4 is 14.8 Å². The van der Waals surface area contributed by atoms with Crippen LogP contribution >= 0.6 is 22.7 Å². The third-order valence-electron chi connectivity index (χ3n) is 7.69. The van der Waals surface area contributed by atoms with E-state index in [1.165, 1.54) is 49.9 Å². The standard InChI is InChI=1S/C25H28N4O3S2/c1-31-19-4-3-17(8-20(19)32-2)22-26-18(13-33-22)9-21(30)27-24-29-28-23(34-24)25-10-14-5-15(11-25)7-16(6-14)12-25/h3-4,8,13-16H,5-7,9-12H2,1-2H3,(H,27,29,30). The molecule has 0 radical (unpaired) electrons. The van der Waals surface area contributed by atoms with Crippen LogP contribution in [-0.4, -0.2) is 35.3 Å². The van der Waals surface area contributed by atoms with Gasteiger partial charge in [-0.3, -0.25) is 4.79 Å². The molecule has 34 heavy (non-hydrogen) atoms. The highest BCUT2D eigenvalue weighted by molar-refractivity contribution is 7.15. The zero-order valence-corrected chi connectivity index (χ0v) is 21.0. The minimum Gasteiger partial charge on any atom is -0.493 e. The molecule has 4 aliphatic carbocycles. The van der Waals surface area contributed by atoms with Crippen molar-refractivity contribution in [1.82, 2.24) is 15.2 Å². The SMILES string of the molecule is COc1ccc(-c2nc(CC(=O)Nc3nnc(C45CC6CC(CC(C6)C4)C5)s3)cs2)cc1OC. The smallest absolute Gasteiger partial charge is 0.232 e. The van der Waals surface area contributed by atoms with Crippen LogP contribution in [0.1, 0.15) is 49.2 Å². The average Bonchev–Trinajstić information content (AvgIpc) is 3.48. The van der Waals surface area contributed by atoms with Gasteiger partial charge in [0.15, 0.2) is 11.5 Å². The number of anilines is 1. The second-order valence-electron chi connectivity index (χ2n) is 10.0. The van der Waals surface area contributed by atoms with E-state index in [4.69, 9.17) is 9.47 Å². The van der Waals surface area contributed by atoms with Crippen LogP contribution in [0.2, 0.25) is 0 Å². The molecule has 7 rings (SSSR count). The van der Waals surface area contributed by atoms with Crippen molar-refractivity contribution in [2.45, 2.75) is 50.4 Å². The number of nitrogens with one attached hydrogen (secondary N) is 1. The molecule has 0 saturated heterocycles. The Hall–Kier alpha value is -2.52. The van der Waals surface area contributed by atoms with Gasteiger partial charge in [0.25, 0.3) is 0 Å². The molecule has 0 atom stereocenters. The number of carbonyl (C=O) groups is 1. The maximum Gasteiger partial charge on any atom is 0.232 e. The number of rotatable bonds is 7. The van der Waals surface area contributed by atoms with E-state index in [9.17, 15) is 4.79 Å². The molecule has 178 valence electrons. The van der Waals surface area contributed by atoms with E-state index in [0.717, 1.165) is 39.0 Å². The van der Waals surface area contributed by atoms with Crippen LogP contribution in [0, 0.1) is 17.8 Å². The molecular weight excluding hydrogens is 468 g/mol. The number of ether oxygens (including phenoxy) is 2. The highest BCUT2D eigenvalue weighted by Gasteiger charge is 2.53. The lowest BCUT2D eigenvalue weighted by Gasteiger charge is -2.55. The minimum absolute atomic E-state index is 0.114. The van der Waals surface area contributed by atoms with Gasteiger partial charge in [0.1, 0.15) is 10.0 Å². The zero-order chi connectivity index (χ0) is 23.3. The van der Waals surface area contributed by atoms with E-state index >= 15 is 0 Å². The number of hydrogen-bond acceptors (Lipinski definition) is 8. The Balaban J connectivity index is 1.11. The molecule has 4 saturated carbocycles. The van der Waals surface area contributed by atoms with E-state index < -0.39 is 0 Å². The molecule has 0 spiro atoms. The van der Waals surface area contributed by atoms with E-state index in [2.05, 4.69) is 20.5 Å². The molecule has 4 aliphatic rings. The first-order chi connectivity index (χ1) is 16.5. The summed E-state index contributed by atoms with van der Waals surface area (Å²) in [4.78, 5) is 17.4. The number of methoxy groups -OCH3 is 2. The number of amides is 1. The van der Waals surface area contributed by atoms with Gasteiger partial charge in [-0.05, 0) is 74.5 Å². The Kier molecular flexibility index (Phi) is 5.56. The predicted octanol–water partition coefficient (Wildman–Crippen LogP) is 5.33.